The van der Waals surface area contributed by atoms with Crippen LogP contribution in [0.3, 0.4) is 0 Å². The molecule has 3 aromatic carbocycles. The van der Waals surface area contributed by atoms with Gasteiger partial charge in [0.15, 0.2) is 6.61 Å². The summed E-state index contributed by atoms with van der Waals surface area (Å²) in [6, 6.07) is 24.7. The van der Waals surface area contributed by atoms with Crippen molar-refractivity contribution in [2.75, 3.05) is 32.8 Å². The molecule has 1 unspecified atom stereocenters. The van der Waals surface area contributed by atoms with E-state index in [9.17, 15) is 4.79 Å². The van der Waals surface area contributed by atoms with E-state index in [0.29, 0.717) is 13.1 Å². The summed E-state index contributed by atoms with van der Waals surface area (Å²) in [5.74, 6) is 0.750. The molecule has 1 amide bonds. The molecule has 6 nitrogen and oxygen atoms in total. The Labute approximate surface area is 200 Å². The first-order valence-electron chi connectivity index (χ1n) is 11.8. The third kappa shape index (κ3) is 4.68. The molecule has 2 aliphatic heterocycles. The highest BCUT2D eigenvalue weighted by molar-refractivity contribution is 6.14. The van der Waals surface area contributed by atoms with Crippen LogP contribution in [-0.2, 0) is 4.79 Å². The molecule has 1 N–H and O–H groups in total. The number of nitrogens with zero attached hydrogens (tertiary/aromatic N) is 3. The highest BCUT2D eigenvalue weighted by Crippen LogP contribution is 2.29. The molecule has 174 valence electrons. The number of benzene rings is 3. The second-order valence-electron chi connectivity index (χ2n) is 8.96. The number of nitrogens with one attached hydrogen (secondary N) is 1. The van der Waals surface area contributed by atoms with Gasteiger partial charge in [-0.15, -0.1) is 0 Å². The van der Waals surface area contributed by atoms with Crippen molar-refractivity contribution < 1.29 is 9.53 Å². The van der Waals surface area contributed by atoms with Gasteiger partial charge in [0.1, 0.15) is 11.9 Å². The van der Waals surface area contributed by atoms with Crippen molar-refractivity contribution in [2.24, 2.45) is 5.10 Å². The fourth-order valence-corrected chi connectivity index (χ4v) is 4.52. The lowest BCUT2D eigenvalue weighted by Gasteiger charge is -2.40. The Balaban J connectivity index is 1.22. The lowest BCUT2D eigenvalue weighted by atomic mass is 9.94. The van der Waals surface area contributed by atoms with Crippen LogP contribution >= 0.6 is 0 Å². The smallest absolute Gasteiger partial charge is 0.260 e. The van der Waals surface area contributed by atoms with Gasteiger partial charge in [-0.05, 0) is 31.5 Å². The van der Waals surface area contributed by atoms with Crippen LogP contribution in [0.2, 0.25) is 0 Å². The van der Waals surface area contributed by atoms with E-state index in [1.165, 1.54) is 16.7 Å². The van der Waals surface area contributed by atoms with Crippen LogP contribution in [0.4, 0.5) is 0 Å². The molecule has 0 aromatic heterocycles. The fraction of sp³-hybridized carbons (Fsp3) is 0.286. The molecule has 0 spiro atoms. The first-order chi connectivity index (χ1) is 16.6. The molecule has 0 saturated carbocycles. The third-order valence-corrected chi connectivity index (χ3v) is 6.55. The van der Waals surface area contributed by atoms with Crippen LogP contribution in [0.25, 0.3) is 0 Å². The summed E-state index contributed by atoms with van der Waals surface area (Å²) >= 11 is 0. The molecule has 1 fully saturated rings. The Kier molecular flexibility index (Phi) is 6.32. The van der Waals surface area contributed by atoms with Gasteiger partial charge in [-0.25, -0.2) is 0 Å². The predicted octanol–water partition coefficient (Wildman–Crippen LogP) is 3.88. The van der Waals surface area contributed by atoms with E-state index >= 15 is 0 Å². The van der Waals surface area contributed by atoms with E-state index in [2.05, 4.69) is 65.8 Å². The van der Waals surface area contributed by atoms with Crippen LogP contribution in [0.1, 0.15) is 34.0 Å². The highest BCUT2D eigenvalue weighted by Gasteiger charge is 2.31. The van der Waals surface area contributed by atoms with Gasteiger partial charge in [0, 0.05) is 37.3 Å². The molecule has 0 radical (unpaired) electrons. The molecule has 3 aromatic rings. The molecule has 5 rings (SSSR count). The fourth-order valence-electron chi connectivity index (χ4n) is 4.52. The monoisotopic (exact) mass is 454 g/mol. The van der Waals surface area contributed by atoms with Gasteiger partial charge in [0.2, 0.25) is 0 Å². The first kappa shape index (κ1) is 22.2. The summed E-state index contributed by atoms with van der Waals surface area (Å²) in [5.41, 5.74) is 10.2. The Hall–Kier alpha value is -3.64. The number of carbonyl (C=O) groups is 1. The average molecular weight is 455 g/mol. The van der Waals surface area contributed by atoms with Gasteiger partial charge in [-0.3, -0.25) is 15.1 Å². The van der Waals surface area contributed by atoms with Gasteiger partial charge >= 0.3 is 0 Å². The Morgan fingerprint density at radius 2 is 1.56 bits per heavy atom. The van der Waals surface area contributed by atoms with Gasteiger partial charge in [0.25, 0.3) is 5.91 Å². The van der Waals surface area contributed by atoms with Crippen LogP contribution in [0, 0.1) is 13.8 Å². The van der Waals surface area contributed by atoms with Crippen molar-refractivity contribution in [2.45, 2.75) is 20.0 Å². The van der Waals surface area contributed by atoms with E-state index in [1.54, 1.807) is 0 Å². The van der Waals surface area contributed by atoms with Crippen LogP contribution in [0.15, 0.2) is 77.9 Å². The van der Waals surface area contributed by atoms with E-state index in [4.69, 9.17) is 9.84 Å². The number of carbonyl (C=O) groups excluding carboxylic acids is 1. The maximum absolute atomic E-state index is 12.7. The molecular formula is C28H30N4O2. The Morgan fingerprint density at radius 1 is 0.912 bits per heavy atom. The zero-order chi connectivity index (χ0) is 23.5. The largest absolute Gasteiger partial charge is 0.484 e. The maximum atomic E-state index is 12.7. The second-order valence-corrected chi connectivity index (χ2v) is 8.96. The van der Waals surface area contributed by atoms with Crippen LogP contribution in [0.5, 0.6) is 5.75 Å². The average Bonchev–Trinajstić information content (AvgIpc) is 2.88. The summed E-state index contributed by atoms with van der Waals surface area (Å²) in [7, 11) is 0. The van der Waals surface area contributed by atoms with Crippen molar-refractivity contribution in [3.05, 3.63) is 101 Å². The number of hydrazone groups is 1. The van der Waals surface area contributed by atoms with Gasteiger partial charge in [-0.2, -0.15) is 5.10 Å². The molecule has 0 aliphatic carbocycles. The van der Waals surface area contributed by atoms with Gasteiger partial charge in [-0.1, -0.05) is 71.8 Å². The second kappa shape index (κ2) is 9.69. The SMILES string of the molecule is Cc1ccc(OCC(=O)N2CCN(C3NN=C(c4ccc(C)cc4)c4ccccc43)CC2)cc1. The number of fused-ring (bicyclic) bond motifs is 1. The lowest BCUT2D eigenvalue weighted by Crippen LogP contribution is -2.53. The standard InChI is InChI=1S/C28H30N4O2/c1-20-7-11-22(12-8-20)27-24-5-3-4-6-25(24)28(30-29-27)32-17-15-31(16-18-32)26(33)19-34-23-13-9-21(2)10-14-23/h3-14,28,30H,15-19H2,1-2H3. The third-order valence-electron chi connectivity index (χ3n) is 6.55. The molecular weight excluding hydrogens is 424 g/mol. The summed E-state index contributed by atoms with van der Waals surface area (Å²) in [5, 5.41) is 4.78. The molecule has 0 bridgehead atoms. The number of aryl methyl sites for hydroxylation is 2. The van der Waals surface area contributed by atoms with Crippen LogP contribution < -0.4 is 10.2 Å². The van der Waals surface area contributed by atoms with Crippen molar-refractivity contribution in [3.63, 3.8) is 0 Å². The zero-order valence-corrected chi connectivity index (χ0v) is 19.7. The number of ether oxygens (including phenoxy) is 1. The number of piperazine rings is 1. The van der Waals surface area contributed by atoms with Crippen molar-refractivity contribution in [1.82, 2.24) is 15.2 Å². The minimum Gasteiger partial charge on any atom is -0.484 e. The summed E-state index contributed by atoms with van der Waals surface area (Å²) < 4.78 is 5.69. The minimum absolute atomic E-state index is 0.00791. The molecule has 6 heteroatoms. The number of rotatable bonds is 5. The summed E-state index contributed by atoms with van der Waals surface area (Å²) in [6.45, 7) is 7.08. The van der Waals surface area contributed by atoms with Crippen LogP contribution in [-0.4, -0.2) is 54.2 Å². The van der Waals surface area contributed by atoms with E-state index in [-0.39, 0.29) is 18.7 Å². The van der Waals surface area contributed by atoms with E-state index < -0.39 is 0 Å². The number of hydrogen-bond acceptors (Lipinski definition) is 5. The topological polar surface area (TPSA) is 57.2 Å². The van der Waals surface area contributed by atoms with Crippen molar-refractivity contribution >= 4 is 11.6 Å². The quantitative estimate of drug-likeness (QED) is 0.636. The van der Waals surface area contributed by atoms with E-state index in [1.807, 2.05) is 36.1 Å². The van der Waals surface area contributed by atoms with Crippen molar-refractivity contribution in [3.8, 4) is 5.75 Å². The van der Waals surface area contributed by atoms with Gasteiger partial charge in [0.05, 0.1) is 5.71 Å². The zero-order valence-electron chi connectivity index (χ0n) is 19.7. The molecule has 34 heavy (non-hydrogen) atoms. The summed E-state index contributed by atoms with van der Waals surface area (Å²) in [6.07, 6.45) is -0.00791. The lowest BCUT2D eigenvalue weighted by molar-refractivity contribution is -0.135. The first-order valence-corrected chi connectivity index (χ1v) is 11.8. The highest BCUT2D eigenvalue weighted by atomic mass is 16.5. The number of hydrogen-bond donors (Lipinski definition) is 1. The van der Waals surface area contributed by atoms with Crippen molar-refractivity contribution in [1.29, 1.82) is 0 Å². The molecule has 1 saturated heterocycles. The predicted molar refractivity (Wildman–Crippen MR) is 134 cm³/mol. The molecule has 2 aliphatic rings. The Morgan fingerprint density at radius 3 is 2.26 bits per heavy atom. The molecule has 1 atom stereocenters. The Bertz CT molecular complexity index is 1180. The minimum atomic E-state index is -0.00791. The number of amides is 1. The summed E-state index contributed by atoms with van der Waals surface area (Å²) in [4.78, 5) is 16.9. The molecule has 2 heterocycles. The van der Waals surface area contributed by atoms with Gasteiger partial charge < -0.3 is 9.64 Å². The van der Waals surface area contributed by atoms with E-state index in [0.717, 1.165) is 35.7 Å². The normalized spacial score (nSPS) is 18.0. The maximum Gasteiger partial charge on any atom is 0.260 e.